The second kappa shape index (κ2) is 8.00. The van der Waals surface area contributed by atoms with E-state index in [1.165, 1.54) is 4.90 Å². The first-order chi connectivity index (χ1) is 14.2. The fraction of sp³-hybridized carbons (Fsp3) is 0.333. The van der Waals surface area contributed by atoms with Gasteiger partial charge in [0.15, 0.2) is 5.92 Å². The van der Waals surface area contributed by atoms with Gasteiger partial charge < -0.3 is 14.0 Å². The van der Waals surface area contributed by atoms with Crippen molar-refractivity contribution in [3.63, 3.8) is 0 Å². The number of carbonyl (C=O) groups excluding carboxylic acids is 2. The monoisotopic (exact) mass is 394 g/mol. The van der Waals surface area contributed by atoms with Gasteiger partial charge in [0.2, 0.25) is 11.9 Å². The molecule has 0 spiro atoms. The molecule has 1 aliphatic rings. The van der Waals surface area contributed by atoms with Gasteiger partial charge in [-0.25, -0.2) is 4.98 Å². The van der Waals surface area contributed by atoms with Crippen molar-refractivity contribution < 1.29 is 19.1 Å². The molecule has 0 N–H and O–H groups in total. The van der Waals surface area contributed by atoms with Crippen molar-refractivity contribution in [2.45, 2.75) is 13.0 Å². The number of amides is 1. The maximum absolute atomic E-state index is 13.5. The molecule has 1 aliphatic heterocycles. The van der Waals surface area contributed by atoms with Gasteiger partial charge in [0.25, 0.3) is 0 Å². The summed E-state index contributed by atoms with van der Waals surface area (Å²) in [5, 5.41) is 0. The van der Waals surface area contributed by atoms with Gasteiger partial charge in [-0.1, -0.05) is 18.2 Å². The fourth-order valence-electron chi connectivity index (χ4n) is 3.79. The first kappa shape index (κ1) is 19.1. The summed E-state index contributed by atoms with van der Waals surface area (Å²) >= 11 is 0. The number of aromatic nitrogens is 3. The van der Waals surface area contributed by atoms with Gasteiger partial charge in [0.05, 0.1) is 36.8 Å². The third-order valence-electron chi connectivity index (χ3n) is 5.03. The highest BCUT2D eigenvalue weighted by Gasteiger charge is 2.47. The van der Waals surface area contributed by atoms with Crippen molar-refractivity contribution in [3.8, 4) is 0 Å². The average molecular weight is 394 g/mol. The molecule has 29 heavy (non-hydrogen) atoms. The topological polar surface area (TPSA) is 86.5 Å². The summed E-state index contributed by atoms with van der Waals surface area (Å²) in [6.07, 6.45) is 3.33. The number of anilines is 1. The Morgan fingerprint density at radius 2 is 2.03 bits per heavy atom. The lowest BCUT2D eigenvalue weighted by Crippen LogP contribution is -2.51. The third kappa shape index (κ3) is 3.25. The van der Waals surface area contributed by atoms with Crippen LogP contribution in [0.2, 0.25) is 0 Å². The second-order valence-corrected chi connectivity index (χ2v) is 6.71. The fourth-order valence-corrected chi connectivity index (χ4v) is 3.79. The number of benzene rings is 1. The van der Waals surface area contributed by atoms with Crippen LogP contribution in [0.15, 0.2) is 48.8 Å². The Kier molecular flexibility index (Phi) is 5.26. The summed E-state index contributed by atoms with van der Waals surface area (Å²) in [6, 6.07) is 10.7. The molecular weight excluding hydrogens is 372 g/mol. The predicted molar refractivity (Wildman–Crippen MR) is 106 cm³/mol. The number of para-hydroxylation sites is 2. The molecule has 0 saturated carbocycles. The van der Waals surface area contributed by atoms with E-state index in [9.17, 15) is 9.59 Å². The second-order valence-electron chi connectivity index (χ2n) is 6.71. The molecule has 0 unspecified atom stereocenters. The summed E-state index contributed by atoms with van der Waals surface area (Å²) in [4.78, 5) is 36.8. The number of fused-ring (bicyclic) bond motifs is 3. The minimum Gasteiger partial charge on any atom is -0.465 e. The molecule has 1 amide bonds. The van der Waals surface area contributed by atoms with E-state index in [0.29, 0.717) is 12.6 Å². The Morgan fingerprint density at radius 3 is 2.76 bits per heavy atom. The normalized spacial score (nSPS) is 18.7. The van der Waals surface area contributed by atoms with Crippen LogP contribution in [-0.4, -0.2) is 53.3 Å². The van der Waals surface area contributed by atoms with Crippen LogP contribution in [0, 0.1) is 5.92 Å². The molecule has 2 atom stereocenters. The molecule has 2 aromatic heterocycles. The number of pyridine rings is 1. The van der Waals surface area contributed by atoms with E-state index in [1.807, 2.05) is 34.9 Å². The molecule has 0 aliphatic carbocycles. The van der Waals surface area contributed by atoms with Crippen LogP contribution >= 0.6 is 0 Å². The average Bonchev–Trinajstić information content (AvgIpc) is 3.12. The lowest BCUT2D eigenvalue weighted by atomic mass is 9.90. The summed E-state index contributed by atoms with van der Waals surface area (Å²) in [7, 11) is 1.57. The van der Waals surface area contributed by atoms with Crippen LogP contribution < -0.4 is 4.90 Å². The van der Waals surface area contributed by atoms with Gasteiger partial charge in [0, 0.05) is 19.5 Å². The van der Waals surface area contributed by atoms with Crippen LogP contribution in [0.1, 0.15) is 18.5 Å². The number of hydrogen-bond donors (Lipinski definition) is 0. The van der Waals surface area contributed by atoms with Crippen LogP contribution in [0.4, 0.5) is 5.95 Å². The molecule has 0 bridgehead atoms. The highest BCUT2D eigenvalue weighted by atomic mass is 16.5. The maximum Gasteiger partial charge on any atom is 0.321 e. The van der Waals surface area contributed by atoms with Crippen molar-refractivity contribution in [2.75, 3.05) is 31.8 Å². The number of ether oxygens (including phenoxy) is 2. The van der Waals surface area contributed by atoms with Crippen molar-refractivity contribution in [2.24, 2.45) is 5.92 Å². The minimum atomic E-state index is -1.04. The highest BCUT2D eigenvalue weighted by Crippen LogP contribution is 2.40. The Hall–Kier alpha value is -3.26. The largest absolute Gasteiger partial charge is 0.465 e. The van der Waals surface area contributed by atoms with Gasteiger partial charge in [-0.2, -0.15) is 0 Å². The van der Waals surface area contributed by atoms with Crippen LogP contribution in [0.25, 0.3) is 11.0 Å². The van der Waals surface area contributed by atoms with Gasteiger partial charge in [0.1, 0.15) is 0 Å². The van der Waals surface area contributed by atoms with Gasteiger partial charge in [-0.05, 0) is 30.7 Å². The van der Waals surface area contributed by atoms with E-state index >= 15 is 0 Å². The molecule has 0 radical (unpaired) electrons. The van der Waals surface area contributed by atoms with Crippen molar-refractivity contribution >= 4 is 28.9 Å². The molecule has 8 heteroatoms. The van der Waals surface area contributed by atoms with Crippen LogP contribution in [-0.2, 0) is 19.1 Å². The van der Waals surface area contributed by atoms with E-state index in [4.69, 9.17) is 14.5 Å². The number of esters is 1. The number of hydrogen-bond acceptors (Lipinski definition) is 6. The standard InChI is InChI=1S/C21H22N4O4/c1-3-29-20(27)17-18(14-7-6-10-22-13-14)25-16-9-5-4-8-15(16)23-21(25)24(19(17)26)11-12-28-2/h4-10,13,17-18H,3,11-12H2,1-2H3/t17-,18+/m1/s1. The quantitative estimate of drug-likeness (QED) is 0.471. The van der Waals surface area contributed by atoms with Gasteiger partial charge in [-0.15, -0.1) is 0 Å². The van der Waals surface area contributed by atoms with Crippen LogP contribution in [0.3, 0.4) is 0 Å². The summed E-state index contributed by atoms with van der Waals surface area (Å²) in [5.74, 6) is -1.46. The zero-order valence-corrected chi connectivity index (χ0v) is 16.3. The van der Waals surface area contributed by atoms with E-state index in [2.05, 4.69) is 4.98 Å². The molecule has 0 fully saturated rings. The zero-order chi connectivity index (χ0) is 20.4. The summed E-state index contributed by atoms with van der Waals surface area (Å²) in [5.41, 5.74) is 2.33. The molecule has 4 rings (SSSR count). The number of methoxy groups -OCH3 is 1. The van der Waals surface area contributed by atoms with Gasteiger partial charge in [-0.3, -0.25) is 19.5 Å². The molecular formula is C21H22N4O4. The molecule has 3 aromatic rings. The molecule has 0 saturated heterocycles. The predicted octanol–water partition coefficient (Wildman–Crippen LogP) is 2.19. The maximum atomic E-state index is 13.5. The van der Waals surface area contributed by atoms with E-state index in [0.717, 1.165) is 16.6 Å². The Bertz CT molecular complexity index is 1030. The van der Waals surface area contributed by atoms with Crippen molar-refractivity contribution in [1.29, 1.82) is 0 Å². The van der Waals surface area contributed by atoms with Crippen molar-refractivity contribution in [1.82, 2.24) is 14.5 Å². The first-order valence-electron chi connectivity index (χ1n) is 9.51. The molecule has 1 aromatic carbocycles. The van der Waals surface area contributed by atoms with Gasteiger partial charge >= 0.3 is 5.97 Å². The zero-order valence-electron chi connectivity index (χ0n) is 16.3. The molecule has 150 valence electrons. The number of nitrogens with zero attached hydrogens (tertiary/aromatic N) is 4. The van der Waals surface area contributed by atoms with E-state index in [1.54, 1.807) is 32.5 Å². The molecule has 8 nitrogen and oxygen atoms in total. The smallest absolute Gasteiger partial charge is 0.321 e. The first-order valence-corrected chi connectivity index (χ1v) is 9.51. The summed E-state index contributed by atoms with van der Waals surface area (Å²) in [6.45, 7) is 2.53. The van der Waals surface area contributed by atoms with E-state index < -0.39 is 17.9 Å². The summed E-state index contributed by atoms with van der Waals surface area (Å²) < 4.78 is 12.4. The van der Waals surface area contributed by atoms with Crippen LogP contribution in [0.5, 0.6) is 0 Å². The van der Waals surface area contributed by atoms with Crippen molar-refractivity contribution in [3.05, 3.63) is 54.4 Å². The lowest BCUT2D eigenvalue weighted by molar-refractivity contribution is -0.153. The third-order valence-corrected chi connectivity index (χ3v) is 5.03. The minimum absolute atomic E-state index is 0.192. The number of imidazole rings is 1. The Morgan fingerprint density at radius 1 is 1.21 bits per heavy atom. The lowest BCUT2D eigenvalue weighted by Gasteiger charge is -2.37. The Balaban J connectivity index is 1.97. The SMILES string of the molecule is CCOC(=O)[C@H]1C(=O)N(CCOC)c2nc3ccccc3n2[C@H]1c1cccnc1. The molecule has 3 heterocycles. The number of carbonyl (C=O) groups is 2. The Labute approximate surface area is 168 Å². The number of rotatable bonds is 6. The highest BCUT2D eigenvalue weighted by molar-refractivity contribution is 6.08. The van der Waals surface area contributed by atoms with E-state index in [-0.39, 0.29) is 19.1 Å².